The van der Waals surface area contributed by atoms with E-state index in [0.717, 1.165) is 18.5 Å². The molecule has 0 saturated carbocycles. The summed E-state index contributed by atoms with van der Waals surface area (Å²) in [5.41, 5.74) is 2.20. The maximum atomic E-state index is 9.26. The summed E-state index contributed by atoms with van der Waals surface area (Å²) >= 11 is 6.11. The van der Waals surface area contributed by atoms with Crippen LogP contribution in [0.25, 0.3) is 0 Å². The predicted octanol–water partition coefficient (Wildman–Crippen LogP) is 4.49. The standard InChI is InChI=1S/C17H20ClNO2/c1-12(3-4-13-5-8-15(20)9-6-13)19-14-7-10-17(21-2)16(18)11-14/h5-12,19-20H,3-4H2,1-2H3. The summed E-state index contributed by atoms with van der Waals surface area (Å²) in [5, 5.41) is 13.3. The van der Waals surface area contributed by atoms with Gasteiger partial charge in [-0.25, -0.2) is 0 Å². The number of anilines is 1. The third-order valence-corrected chi connectivity index (χ3v) is 3.66. The Labute approximate surface area is 130 Å². The monoisotopic (exact) mass is 305 g/mol. The Kier molecular flexibility index (Phi) is 5.34. The van der Waals surface area contributed by atoms with Gasteiger partial charge in [-0.15, -0.1) is 0 Å². The highest BCUT2D eigenvalue weighted by Crippen LogP contribution is 2.27. The number of nitrogens with one attached hydrogen (secondary N) is 1. The molecule has 0 aliphatic rings. The van der Waals surface area contributed by atoms with Gasteiger partial charge in [0.05, 0.1) is 12.1 Å². The molecule has 2 rings (SSSR count). The van der Waals surface area contributed by atoms with Crippen LogP contribution in [-0.2, 0) is 6.42 Å². The summed E-state index contributed by atoms with van der Waals surface area (Å²) in [6.07, 6.45) is 1.95. The molecule has 0 aliphatic heterocycles. The van der Waals surface area contributed by atoms with Crippen LogP contribution in [0, 0.1) is 0 Å². The van der Waals surface area contributed by atoms with E-state index < -0.39 is 0 Å². The van der Waals surface area contributed by atoms with E-state index >= 15 is 0 Å². The normalized spacial score (nSPS) is 12.0. The zero-order chi connectivity index (χ0) is 15.2. The van der Waals surface area contributed by atoms with E-state index in [1.807, 2.05) is 30.3 Å². The average molecular weight is 306 g/mol. The van der Waals surface area contributed by atoms with Crippen LogP contribution in [0.15, 0.2) is 42.5 Å². The van der Waals surface area contributed by atoms with Crippen LogP contribution in [0.1, 0.15) is 18.9 Å². The Bertz CT molecular complexity index is 584. The first-order valence-corrected chi connectivity index (χ1v) is 7.34. The van der Waals surface area contributed by atoms with Crippen LogP contribution < -0.4 is 10.1 Å². The number of halogens is 1. The molecule has 0 bridgehead atoms. The Morgan fingerprint density at radius 1 is 1.19 bits per heavy atom. The molecule has 0 radical (unpaired) electrons. The number of rotatable bonds is 6. The van der Waals surface area contributed by atoms with E-state index in [2.05, 4.69) is 12.2 Å². The molecule has 0 fully saturated rings. The molecule has 21 heavy (non-hydrogen) atoms. The van der Waals surface area contributed by atoms with Crippen LogP contribution in [-0.4, -0.2) is 18.3 Å². The molecule has 0 aromatic heterocycles. The van der Waals surface area contributed by atoms with Crippen molar-refractivity contribution in [3.8, 4) is 11.5 Å². The number of aromatic hydroxyl groups is 1. The van der Waals surface area contributed by atoms with Crippen molar-refractivity contribution in [1.29, 1.82) is 0 Å². The second-order valence-corrected chi connectivity index (χ2v) is 5.51. The highest BCUT2D eigenvalue weighted by molar-refractivity contribution is 6.32. The van der Waals surface area contributed by atoms with Gasteiger partial charge in [0.15, 0.2) is 0 Å². The lowest BCUT2D eigenvalue weighted by Gasteiger charge is -2.16. The van der Waals surface area contributed by atoms with E-state index in [1.54, 1.807) is 19.2 Å². The molecular weight excluding hydrogens is 286 g/mol. The molecule has 0 aliphatic carbocycles. The van der Waals surface area contributed by atoms with E-state index in [0.29, 0.717) is 22.6 Å². The van der Waals surface area contributed by atoms with Crippen molar-refractivity contribution in [2.75, 3.05) is 12.4 Å². The molecule has 2 aromatic carbocycles. The number of phenolic OH excluding ortho intramolecular Hbond substituents is 1. The van der Waals surface area contributed by atoms with Crippen LogP contribution in [0.2, 0.25) is 5.02 Å². The van der Waals surface area contributed by atoms with Crippen molar-refractivity contribution in [1.82, 2.24) is 0 Å². The second kappa shape index (κ2) is 7.23. The SMILES string of the molecule is COc1ccc(NC(C)CCc2ccc(O)cc2)cc1Cl. The molecule has 4 heteroatoms. The lowest BCUT2D eigenvalue weighted by atomic mass is 10.1. The zero-order valence-corrected chi connectivity index (χ0v) is 13.0. The fraction of sp³-hybridized carbons (Fsp3) is 0.294. The van der Waals surface area contributed by atoms with Crippen LogP contribution >= 0.6 is 11.6 Å². The van der Waals surface area contributed by atoms with Gasteiger partial charge in [0.2, 0.25) is 0 Å². The average Bonchev–Trinajstić information content (AvgIpc) is 2.47. The number of aryl methyl sites for hydroxylation is 1. The largest absolute Gasteiger partial charge is 0.508 e. The smallest absolute Gasteiger partial charge is 0.137 e. The Morgan fingerprint density at radius 3 is 2.52 bits per heavy atom. The highest BCUT2D eigenvalue weighted by Gasteiger charge is 2.06. The molecule has 3 nitrogen and oxygen atoms in total. The third-order valence-electron chi connectivity index (χ3n) is 3.37. The number of methoxy groups -OCH3 is 1. The number of benzene rings is 2. The van der Waals surface area contributed by atoms with Gasteiger partial charge in [-0.3, -0.25) is 0 Å². The molecule has 0 saturated heterocycles. The third kappa shape index (κ3) is 4.57. The van der Waals surface area contributed by atoms with E-state index in [1.165, 1.54) is 5.56 Å². The summed E-state index contributed by atoms with van der Waals surface area (Å²) in [7, 11) is 1.61. The minimum absolute atomic E-state index is 0.304. The summed E-state index contributed by atoms with van der Waals surface area (Å²) in [6, 6.07) is 13.4. The molecule has 112 valence electrons. The summed E-state index contributed by atoms with van der Waals surface area (Å²) in [5.74, 6) is 0.983. The number of ether oxygens (including phenoxy) is 1. The van der Waals surface area contributed by atoms with Gasteiger partial charge < -0.3 is 15.2 Å². The van der Waals surface area contributed by atoms with E-state index in [4.69, 9.17) is 16.3 Å². The van der Waals surface area contributed by atoms with Crippen molar-refractivity contribution in [2.45, 2.75) is 25.8 Å². The van der Waals surface area contributed by atoms with Gasteiger partial charge in [-0.1, -0.05) is 23.7 Å². The molecular formula is C17H20ClNO2. The van der Waals surface area contributed by atoms with Gasteiger partial charge in [0, 0.05) is 11.7 Å². The minimum atomic E-state index is 0.304. The van der Waals surface area contributed by atoms with Gasteiger partial charge >= 0.3 is 0 Å². The van der Waals surface area contributed by atoms with Crippen LogP contribution in [0.4, 0.5) is 5.69 Å². The van der Waals surface area contributed by atoms with E-state index in [-0.39, 0.29) is 0 Å². The summed E-state index contributed by atoms with van der Waals surface area (Å²) in [6.45, 7) is 2.14. The van der Waals surface area contributed by atoms with Crippen molar-refractivity contribution >= 4 is 17.3 Å². The molecule has 1 atom stereocenters. The summed E-state index contributed by atoms with van der Waals surface area (Å²) in [4.78, 5) is 0. The number of hydrogen-bond acceptors (Lipinski definition) is 3. The second-order valence-electron chi connectivity index (χ2n) is 5.10. The molecule has 2 aromatic rings. The molecule has 1 unspecified atom stereocenters. The van der Waals surface area contributed by atoms with E-state index in [9.17, 15) is 5.11 Å². The van der Waals surface area contributed by atoms with Gasteiger partial charge in [0.25, 0.3) is 0 Å². The fourth-order valence-electron chi connectivity index (χ4n) is 2.16. The first-order valence-electron chi connectivity index (χ1n) is 6.96. The molecule has 2 N–H and O–H groups in total. The van der Waals surface area contributed by atoms with Crippen molar-refractivity contribution in [3.63, 3.8) is 0 Å². The topological polar surface area (TPSA) is 41.5 Å². The van der Waals surface area contributed by atoms with Gasteiger partial charge in [-0.2, -0.15) is 0 Å². The fourth-order valence-corrected chi connectivity index (χ4v) is 2.42. The van der Waals surface area contributed by atoms with Crippen LogP contribution in [0.3, 0.4) is 0 Å². The Hall–Kier alpha value is -1.87. The number of hydrogen-bond donors (Lipinski definition) is 2. The predicted molar refractivity (Wildman–Crippen MR) is 87.5 cm³/mol. The highest BCUT2D eigenvalue weighted by atomic mass is 35.5. The first-order chi connectivity index (χ1) is 10.1. The molecule has 0 spiro atoms. The zero-order valence-electron chi connectivity index (χ0n) is 12.3. The van der Waals surface area contributed by atoms with Gasteiger partial charge in [0.1, 0.15) is 11.5 Å². The lowest BCUT2D eigenvalue weighted by molar-refractivity contribution is 0.415. The maximum absolute atomic E-state index is 9.26. The number of phenols is 1. The van der Waals surface area contributed by atoms with Crippen LogP contribution in [0.5, 0.6) is 11.5 Å². The van der Waals surface area contributed by atoms with Crippen molar-refractivity contribution in [2.24, 2.45) is 0 Å². The molecule has 0 heterocycles. The lowest BCUT2D eigenvalue weighted by Crippen LogP contribution is -2.15. The first kappa shape index (κ1) is 15.5. The Morgan fingerprint density at radius 2 is 1.90 bits per heavy atom. The Balaban J connectivity index is 1.88. The summed E-state index contributed by atoms with van der Waals surface area (Å²) < 4.78 is 5.14. The van der Waals surface area contributed by atoms with Gasteiger partial charge in [-0.05, 0) is 55.7 Å². The quantitative estimate of drug-likeness (QED) is 0.826. The molecule has 0 amide bonds. The minimum Gasteiger partial charge on any atom is -0.508 e. The maximum Gasteiger partial charge on any atom is 0.137 e. The van der Waals surface area contributed by atoms with Crippen molar-refractivity contribution < 1.29 is 9.84 Å². The van der Waals surface area contributed by atoms with Crippen molar-refractivity contribution in [3.05, 3.63) is 53.1 Å².